The summed E-state index contributed by atoms with van der Waals surface area (Å²) in [6.07, 6.45) is 0.730. The molecule has 0 aliphatic carbocycles. The topological polar surface area (TPSA) is 72.2 Å². The van der Waals surface area contributed by atoms with E-state index in [1.54, 1.807) is 0 Å². The standard InChI is InChI=1S/C12H14ClFN2O3/c1-8(4-5-13)7-15-12(17)10-3-2-9(14)6-11(10)16(18)19/h2-3,6,8H,4-5,7H2,1H3,(H,15,17). The summed E-state index contributed by atoms with van der Waals surface area (Å²) in [6.45, 7) is 2.27. The molecule has 1 aromatic rings. The molecule has 19 heavy (non-hydrogen) atoms. The van der Waals surface area contributed by atoms with Gasteiger partial charge in [-0.2, -0.15) is 0 Å². The summed E-state index contributed by atoms with van der Waals surface area (Å²) >= 11 is 5.57. The third-order valence-corrected chi connectivity index (χ3v) is 2.83. The molecule has 0 fully saturated rings. The predicted octanol–water partition coefficient (Wildman–Crippen LogP) is 2.73. The Hall–Kier alpha value is -1.69. The van der Waals surface area contributed by atoms with Crippen LogP contribution in [-0.2, 0) is 0 Å². The Morgan fingerprint density at radius 2 is 2.26 bits per heavy atom. The van der Waals surface area contributed by atoms with Gasteiger partial charge in [0.05, 0.1) is 11.0 Å². The summed E-state index contributed by atoms with van der Waals surface area (Å²) in [5, 5.41) is 13.3. The quantitative estimate of drug-likeness (QED) is 0.497. The molecule has 0 radical (unpaired) electrons. The predicted molar refractivity (Wildman–Crippen MR) is 69.9 cm³/mol. The van der Waals surface area contributed by atoms with Gasteiger partial charge >= 0.3 is 0 Å². The van der Waals surface area contributed by atoms with Gasteiger partial charge in [-0.3, -0.25) is 14.9 Å². The van der Waals surface area contributed by atoms with Crippen molar-refractivity contribution in [1.82, 2.24) is 5.32 Å². The summed E-state index contributed by atoms with van der Waals surface area (Å²) < 4.78 is 12.9. The lowest BCUT2D eigenvalue weighted by atomic mass is 10.1. The van der Waals surface area contributed by atoms with Crippen LogP contribution in [0.25, 0.3) is 0 Å². The monoisotopic (exact) mass is 288 g/mol. The molecule has 0 spiro atoms. The summed E-state index contributed by atoms with van der Waals surface area (Å²) in [6, 6.07) is 2.86. The molecule has 104 valence electrons. The Balaban J connectivity index is 2.79. The first-order chi connectivity index (χ1) is 8.95. The van der Waals surface area contributed by atoms with E-state index in [4.69, 9.17) is 11.6 Å². The first-order valence-corrected chi connectivity index (χ1v) is 6.27. The highest BCUT2D eigenvalue weighted by Crippen LogP contribution is 2.19. The Bertz CT molecular complexity index is 482. The Labute approximate surface area is 114 Å². The molecular weight excluding hydrogens is 275 g/mol. The van der Waals surface area contributed by atoms with Crippen molar-refractivity contribution in [3.8, 4) is 0 Å². The van der Waals surface area contributed by atoms with Gasteiger partial charge in [0.25, 0.3) is 11.6 Å². The molecule has 1 unspecified atom stereocenters. The number of nitrogens with one attached hydrogen (secondary N) is 1. The van der Waals surface area contributed by atoms with E-state index in [1.165, 1.54) is 0 Å². The maximum Gasteiger partial charge on any atom is 0.285 e. The van der Waals surface area contributed by atoms with Gasteiger partial charge in [-0.15, -0.1) is 11.6 Å². The highest BCUT2D eigenvalue weighted by atomic mass is 35.5. The van der Waals surface area contributed by atoms with Crippen LogP contribution in [0.1, 0.15) is 23.7 Å². The van der Waals surface area contributed by atoms with E-state index in [0.717, 1.165) is 24.6 Å². The van der Waals surface area contributed by atoms with E-state index < -0.39 is 22.3 Å². The van der Waals surface area contributed by atoms with Crippen LogP contribution in [-0.4, -0.2) is 23.3 Å². The molecule has 1 rings (SSSR count). The maximum absolute atomic E-state index is 12.9. The van der Waals surface area contributed by atoms with Gasteiger partial charge in [0, 0.05) is 12.4 Å². The minimum absolute atomic E-state index is 0.149. The summed E-state index contributed by atoms with van der Waals surface area (Å²) in [4.78, 5) is 21.8. The first kappa shape index (κ1) is 15.4. The maximum atomic E-state index is 12.9. The number of carbonyl (C=O) groups excluding carboxylic acids is 1. The molecule has 0 heterocycles. The Morgan fingerprint density at radius 1 is 1.58 bits per heavy atom. The number of rotatable bonds is 6. The van der Waals surface area contributed by atoms with E-state index in [2.05, 4.69) is 5.32 Å². The number of nitro groups is 1. The molecule has 0 aromatic heterocycles. The van der Waals surface area contributed by atoms with Crippen LogP contribution in [0.5, 0.6) is 0 Å². The van der Waals surface area contributed by atoms with Gasteiger partial charge in [0.1, 0.15) is 11.4 Å². The van der Waals surface area contributed by atoms with Crippen LogP contribution in [0, 0.1) is 21.8 Å². The van der Waals surface area contributed by atoms with Crippen molar-refractivity contribution in [1.29, 1.82) is 0 Å². The van der Waals surface area contributed by atoms with Crippen molar-refractivity contribution in [2.24, 2.45) is 5.92 Å². The summed E-state index contributed by atoms with van der Waals surface area (Å²) in [7, 11) is 0. The molecule has 1 amide bonds. The zero-order chi connectivity index (χ0) is 14.4. The van der Waals surface area contributed by atoms with Gasteiger partial charge in [-0.25, -0.2) is 4.39 Å². The lowest BCUT2D eigenvalue weighted by Gasteiger charge is -2.11. The van der Waals surface area contributed by atoms with Crippen LogP contribution >= 0.6 is 11.6 Å². The average Bonchev–Trinajstić information content (AvgIpc) is 2.36. The van der Waals surface area contributed by atoms with Crippen LogP contribution in [0.4, 0.5) is 10.1 Å². The second-order valence-electron chi connectivity index (χ2n) is 4.21. The van der Waals surface area contributed by atoms with Crippen molar-refractivity contribution in [3.05, 3.63) is 39.7 Å². The van der Waals surface area contributed by atoms with E-state index in [0.29, 0.717) is 12.4 Å². The van der Waals surface area contributed by atoms with Crippen molar-refractivity contribution < 1.29 is 14.1 Å². The number of nitrogens with zero attached hydrogens (tertiary/aromatic N) is 1. The van der Waals surface area contributed by atoms with Gasteiger partial charge in [-0.1, -0.05) is 6.92 Å². The van der Waals surface area contributed by atoms with Crippen molar-refractivity contribution >= 4 is 23.2 Å². The molecule has 0 bridgehead atoms. The highest BCUT2D eigenvalue weighted by Gasteiger charge is 2.21. The SMILES string of the molecule is CC(CCCl)CNC(=O)c1ccc(F)cc1[N+](=O)[O-]. The zero-order valence-electron chi connectivity index (χ0n) is 10.4. The minimum Gasteiger partial charge on any atom is -0.352 e. The van der Waals surface area contributed by atoms with Gasteiger partial charge < -0.3 is 5.32 Å². The number of halogens is 2. The fourth-order valence-corrected chi connectivity index (χ4v) is 1.87. The van der Waals surface area contributed by atoms with Crippen LogP contribution < -0.4 is 5.32 Å². The normalized spacial score (nSPS) is 11.9. The molecular formula is C12H14ClFN2O3. The molecule has 1 aromatic carbocycles. The van der Waals surface area contributed by atoms with E-state index in [9.17, 15) is 19.3 Å². The second kappa shape index (κ2) is 7.04. The molecule has 0 aliphatic rings. The second-order valence-corrected chi connectivity index (χ2v) is 4.59. The lowest BCUT2D eigenvalue weighted by molar-refractivity contribution is -0.385. The fraction of sp³-hybridized carbons (Fsp3) is 0.417. The van der Waals surface area contributed by atoms with Crippen molar-refractivity contribution in [2.45, 2.75) is 13.3 Å². The summed E-state index contributed by atoms with van der Waals surface area (Å²) in [5.41, 5.74) is -0.688. The Kier molecular flexibility index (Phi) is 5.69. The third kappa shape index (κ3) is 4.48. The third-order valence-electron chi connectivity index (χ3n) is 2.61. The lowest BCUT2D eigenvalue weighted by Crippen LogP contribution is -2.29. The highest BCUT2D eigenvalue weighted by molar-refractivity contribution is 6.17. The number of hydrogen-bond acceptors (Lipinski definition) is 3. The minimum atomic E-state index is -0.778. The molecule has 7 heteroatoms. The number of benzene rings is 1. The van der Waals surface area contributed by atoms with E-state index >= 15 is 0 Å². The van der Waals surface area contributed by atoms with Crippen LogP contribution in [0.15, 0.2) is 18.2 Å². The average molecular weight is 289 g/mol. The van der Waals surface area contributed by atoms with Gasteiger partial charge in [0.15, 0.2) is 0 Å². The van der Waals surface area contributed by atoms with E-state index in [-0.39, 0.29) is 11.5 Å². The molecule has 0 saturated carbocycles. The van der Waals surface area contributed by atoms with Gasteiger partial charge in [0.2, 0.25) is 0 Å². The molecule has 0 saturated heterocycles. The molecule has 0 aliphatic heterocycles. The van der Waals surface area contributed by atoms with Crippen molar-refractivity contribution in [2.75, 3.05) is 12.4 Å². The van der Waals surface area contributed by atoms with E-state index in [1.807, 2.05) is 6.92 Å². The van der Waals surface area contributed by atoms with Crippen LogP contribution in [0.3, 0.4) is 0 Å². The van der Waals surface area contributed by atoms with Crippen LogP contribution in [0.2, 0.25) is 0 Å². The number of nitro benzene ring substituents is 1. The molecule has 1 N–H and O–H groups in total. The number of amides is 1. The number of carbonyl (C=O) groups is 1. The smallest absolute Gasteiger partial charge is 0.285 e. The van der Waals surface area contributed by atoms with Gasteiger partial charge in [-0.05, 0) is 24.5 Å². The molecule has 1 atom stereocenters. The van der Waals surface area contributed by atoms with Crippen molar-refractivity contribution in [3.63, 3.8) is 0 Å². The zero-order valence-corrected chi connectivity index (χ0v) is 11.1. The largest absolute Gasteiger partial charge is 0.352 e. The Morgan fingerprint density at radius 3 is 2.84 bits per heavy atom. The number of hydrogen-bond donors (Lipinski definition) is 1. The molecule has 5 nitrogen and oxygen atoms in total. The first-order valence-electron chi connectivity index (χ1n) is 5.73. The number of alkyl halides is 1. The fourth-order valence-electron chi connectivity index (χ4n) is 1.50. The summed E-state index contributed by atoms with van der Waals surface area (Å²) in [5.74, 6) is -0.693.